The standard InChI is InChI=1S/C18H26N4O4S/c1-3-26-17(25)18(2)12-27-16(20-18)15-14(24)10-13(11-19-15)22-6-4-21(5-7-22)8-9-23/h10-11,23-24H,3-9,12H2,1-2H3. The van der Waals surface area contributed by atoms with Crippen LogP contribution in [-0.2, 0) is 9.53 Å². The van der Waals surface area contributed by atoms with E-state index in [4.69, 9.17) is 9.84 Å². The van der Waals surface area contributed by atoms with E-state index in [1.54, 1.807) is 26.1 Å². The van der Waals surface area contributed by atoms with Gasteiger partial charge in [0.05, 0.1) is 25.1 Å². The van der Waals surface area contributed by atoms with Crippen molar-refractivity contribution in [1.29, 1.82) is 0 Å². The number of thioether (sulfide) groups is 1. The van der Waals surface area contributed by atoms with Crippen LogP contribution in [0.25, 0.3) is 0 Å². The molecule has 0 aliphatic carbocycles. The van der Waals surface area contributed by atoms with Crippen molar-refractivity contribution in [2.45, 2.75) is 19.4 Å². The number of nitrogens with zero attached hydrogens (tertiary/aromatic N) is 4. The number of β-amino-alcohol motifs (C(OH)–C–C–N with tert-alkyl or cyclic N) is 1. The highest BCUT2D eigenvalue weighted by atomic mass is 32.2. The lowest BCUT2D eigenvalue weighted by atomic mass is 10.1. The molecule has 2 aliphatic heterocycles. The second-order valence-electron chi connectivity index (χ2n) is 6.81. The molecule has 2 aliphatic rings. The van der Waals surface area contributed by atoms with Crippen LogP contribution in [0.5, 0.6) is 5.75 Å². The first-order valence-corrected chi connectivity index (χ1v) is 10.1. The Hall–Kier alpha value is -1.84. The quantitative estimate of drug-likeness (QED) is 0.681. The largest absolute Gasteiger partial charge is 0.506 e. The van der Waals surface area contributed by atoms with Gasteiger partial charge in [-0.15, -0.1) is 11.8 Å². The second kappa shape index (κ2) is 8.45. The minimum absolute atomic E-state index is 0.0599. The van der Waals surface area contributed by atoms with E-state index in [0.29, 0.717) is 29.6 Å². The van der Waals surface area contributed by atoms with Crippen molar-refractivity contribution in [1.82, 2.24) is 9.88 Å². The summed E-state index contributed by atoms with van der Waals surface area (Å²) >= 11 is 1.40. The number of pyridine rings is 1. The number of ether oxygens (including phenoxy) is 1. The number of carbonyl (C=O) groups excluding carboxylic acids is 1. The smallest absolute Gasteiger partial charge is 0.334 e. The van der Waals surface area contributed by atoms with Crippen LogP contribution < -0.4 is 4.90 Å². The lowest BCUT2D eigenvalue weighted by molar-refractivity contribution is -0.147. The third-order valence-electron chi connectivity index (χ3n) is 4.76. The van der Waals surface area contributed by atoms with Crippen LogP contribution in [0.2, 0.25) is 0 Å². The first-order chi connectivity index (χ1) is 13.0. The fourth-order valence-electron chi connectivity index (χ4n) is 3.16. The summed E-state index contributed by atoms with van der Waals surface area (Å²) < 4.78 is 5.10. The molecule has 0 spiro atoms. The number of esters is 1. The Balaban J connectivity index is 1.72. The lowest BCUT2D eigenvalue weighted by Crippen LogP contribution is -2.47. The number of hydrogen-bond donors (Lipinski definition) is 2. The molecule has 3 heterocycles. The van der Waals surface area contributed by atoms with Gasteiger partial charge in [0, 0.05) is 44.5 Å². The first-order valence-electron chi connectivity index (χ1n) is 9.14. The molecule has 0 aromatic carbocycles. The maximum atomic E-state index is 12.1. The third kappa shape index (κ3) is 4.36. The Bertz CT molecular complexity index is 721. The molecular weight excluding hydrogens is 368 g/mol. The maximum absolute atomic E-state index is 12.1. The number of rotatable bonds is 6. The van der Waals surface area contributed by atoms with Crippen LogP contribution >= 0.6 is 11.8 Å². The average Bonchev–Trinajstić information content (AvgIpc) is 3.06. The molecule has 1 aromatic heterocycles. The number of piperazine rings is 1. The van der Waals surface area contributed by atoms with E-state index >= 15 is 0 Å². The Kier molecular flexibility index (Phi) is 6.23. The van der Waals surface area contributed by atoms with Crippen molar-refractivity contribution < 1.29 is 19.7 Å². The highest BCUT2D eigenvalue weighted by molar-refractivity contribution is 8.14. The highest BCUT2D eigenvalue weighted by Crippen LogP contribution is 2.35. The Morgan fingerprint density at radius 3 is 2.74 bits per heavy atom. The van der Waals surface area contributed by atoms with Gasteiger partial charge < -0.3 is 19.8 Å². The predicted molar refractivity (Wildman–Crippen MR) is 106 cm³/mol. The lowest BCUT2D eigenvalue weighted by Gasteiger charge is -2.35. The molecule has 1 saturated heterocycles. The van der Waals surface area contributed by atoms with Crippen LogP contribution in [0.1, 0.15) is 19.5 Å². The number of aromatic hydroxyl groups is 1. The molecule has 0 saturated carbocycles. The molecule has 0 bridgehead atoms. The number of aromatic nitrogens is 1. The van der Waals surface area contributed by atoms with E-state index in [9.17, 15) is 9.90 Å². The molecule has 1 aromatic rings. The van der Waals surface area contributed by atoms with E-state index in [2.05, 4.69) is 19.8 Å². The van der Waals surface area contributed by atoms with Gasteiger partial charge in [0.15, 0.2) is 5.54 Å². The van der Waals surface area contributed by atoms with Gasteiger partial charge in [0.2, 0.25) is 0 Å². The van der Waals surface area contributed by atoms with Gasteiger partial charge in [-0.3, -0.25) is 9.89 Å². The van der Waals surface area contributed by atoms with Crippen LogP contribution in [-0.4, -0.2) is 88.3 Å². The monoisotopic (exact) mass is 394 g/mol. The molecule has 9 heteroatoms. The van der Waals surface area contributed by atoms with E-state index in [1.165, 1.54) is 11.8 Å². The van der Waals surface area contributed by atoms with Crippen LogP contribution in [0, 0.1) is 0 Å². The van der Waals surface area contributed by atoms with Gasteiger partial charge in [-0.05, 0) is 13.8 Å². The number of aliphatic hydroxyl groups excluding tert-OH is 1. The normalized spacial score (nSPS) is 23.4. The summed E-state index contributed by atoms with van der Waals surface area (Å²) in [5, 5.41) is 20.1. The van der Waals surface area contributed by atoms with Crippen LogP contribution in [0.4, 0.5) is 5.69 Å². The molecule has 0 amide bonds. The highest BCUT2D eigenvalue weighted by Gasteiger charge is 2.40. The summed E-state index contributed by atoms with van der Waals surface area (Å²) in [6.07, 6.45) is 1.74. The van der Waals surface area contributed by atoms with Crippen LogP contribution in [0.15, 0.2) is 17.3 Å². The Morgan fingerprint density at radius 1 is 1.37 bits per heavy atom. The minimum Gasteiger partial charge on any atom is -0.506 e. The van der Waals surface area contributed by atoms with Gasteiger partial charge >= 0.3 is 5.97 Å². The number of aliphatic imine (C=N–C) groups is 1. The molecule has 1 atom stereocenters. The zero-order valence-corrected chi connectivity index (χ0v) is 16.5. The SMILES string of the molecule is CCOC(=O)C1(C)CSC(c2ncc(N3CCN(CCO)CC3)cc2O)=N1. The summed E-state index contributed by atoms with van der Waals surface area (Å²) in [5.74, 6) is 0.172. The molecule has 27 heavy (non-hydrogen) atoms. The molecule has 1 unspecified atom stereocenters. The van der Waals surface area contributed by atoms with Crippen molar-refractivity contribution >= 4 is 28.5 Å². The van der Waals surface area contributed by atoms with Crippen molar-refractivity contribution in [2.24, 2.45) is 4.99 Å². The van der Waals surface area contributed by atoms with Crippen molar-refractivity contribution in [3.05, 3.63) is 18.0 Å². The molecule has 8 nitrogen and oxygen atoms in total. The van der Waals surface area contributed by atoms with E-state index in [0.717, 1.165) is 31.9 Å². The second-order valence-corrected chi connectivity index (χ2v) is 7.78. The number of aliphatic hydroxyl groups is 1. The fourth-order valence-corrected chi connectivity index (χ4v) is 4.32. The van der Waals surface area contributed by atoms with Crippen molar-refractivity contribution in [2.75, 3.05) is 56.6 Å². The topological polar surface area (TPSA) is 98.5 Å². The minimum atomic E-state index is -0.939. The predicted octanol–water partition coefficient (Wildman–Crippen LogP) is 0.717. The summed E-state index contributed by atoms with van der Waals surface area (Å²) in [7, 11) is 0. The number of anilines is 1. The third-order valence-corrected chi connectivity index (χ3v) is 6.03. The molecule has 1 fully saturated rings. The van der Waals surface area contributed by atoms with Crippen molar-refractivity contribution in [3.8, 4) is 5.75 Å². The van der Waals surface area contributed by atoms with E-state index < -0.39 is 5.54 Å². The molecule has 2 N–H and O–H groups in total. The van der Waals surface area contributed by atoms with Gasteiger partial charge in [-0.1, -0.05) is 0 Å². The molecule has 3 rings (SSSR count). The Morgan fingerprint density at radius 2 is 2.11 bits per heavy atom. The zero-order valence-electron chi connectivity index (χ0n) is 15.7. The van der Waals surface area contributed by atoms with Gasteiger partial charge in [0.1, 0.15) is 16.5 Å². The summed E-state index contributed by atoms with van der Waals surface area (Å²) in [6.45, 7) is 8.04. The van der Waals surface area contributed by atoms with E-state index in [-0.39, 0.29) is 18.3 Å². The summed E-state index contributed by atoms with van der Waals surface area (Å²) in [6, 6.07) is 1.70. The number of carbonyl (C=O) groups is 1. The zero-order chi connectivity index (χ0) is 19.4. The number of hydrogen-bond acceptors (Lipinski definition) is 9. The fraction of sp³-hybridized carbons (Fsp3) is 0.611. The van der Waals surface area contributed by atoms with Gasteiger partial charge in [-0.2, -0.15) is 0 Å². The first kappa shape index (κ1) is 19.9. The maximum Gasteiger partial charge on any atom is 0.334 e. The summed E-state index contributed by atoms with van der Waals surface area (Å²) in [4.78, 5) is 25.4. The molecule has 0 radical (unpaired) electrons. The van der Waals surface area contributed by atoms with E-state index in [1.807, 2.05) is 0 Å². The molecule has 148 valence electrons. The molecular formula is C18H26N4O4S. The summed E-state index contributed by atoms with van der Waals surface area (Å²) in [5.41, 5.74) is 0.318. The van der Waals surface area contributed by atoms with Crippen LogP contribution in [0.3, 0.4) is 0 Å². The Labute approximate surface area is 163 Å². The van der Waals surface area contributed by atoms with Gasteiger partial charge in [-0.25, -0.2) is 9.78 Å². The van der Waals surface area contributed by atoms with Gasteiger partial charge in [0.25, 0.3) is 0 Å². The average molecular weight is 394 g/mol. The van der Waals surface area contributed by atoms with Crippen molar-refractivity contribution in [3.63, 3.8) is 0 Å².